The number of aliphatic imine (C=N–C) groups is 1. The summed E-state index contributed by atoms with van der Waals surface area (Å²) in [6.07, 6.45) is 5.21. The van der Waals surface area contributed by atoms with Gasteiger partial charge in [-0.05, 0) is 24.3 Å². The Kier molecular flexibility index (Phi) is 2.95. The van der Waals surface area contributed by atoms with Crippen molar-refractivity contribution in [2.45, 2.75) is 31.2 Å². The van der Waals surface area contributed by atoms with Crippen LogP contribution in [0.5, 0.6) is 0 Å². The molecule has 0 atom stereocenters. The van der Waals surface area contributed by atoms with Crippen LogP contribution in [0.1, 0.15) is 25.7 Å². The number of hydrogen-bond donors (Lipinski definition) is 1. The van der Waals surface area contributed by atoms with Crippen molar-refractivity contribution in [1.82, 2.24) is 0 Å². The molecule has 4 rings (SSSR count). The Morgan fingerprint density at radius 2 is 1.80 bits per heavy atom. The van der Waals surface area contributed by atoms with E-state index < -0.39 is 0 Å². The van der Waals surface area contributed by atoms with Gasteiger partial charge in [0.25, 0.3) is 0 Å². The molecule has 3 heteroatoms. The summed E-state index contributed by atoms with van der Waals surface area (Å²) in [5.74, 6) is 1.15. The molecule has 0 amide bonds. The summed E-state index contributed by atoms with van der Waals surface area (Å²) in [4.78, 5) is 4.99. The van der Waals surface area contributed by atoms with Crippen molar-refractivity contribution in [2.75, 3.05) is 11.1 Å². The minimum atomic E-state index is 0.248. The number of hydrogen-bond acceptors (Lipinski definition) is 3. The number of nitrogens with zero attached hydrogens (tertiary/aromatic N) is 1. The highest BCUT2D eigenvalue weighted by Crippen LogP contribution is 2.41. The highest BCUT2D eigenvalue weighted by atomic mass is 32.2. The lowest BCUT2D eigenvalue weighted by atomic mass is 10.0. The van der Waals surface area contributed by atoms with Gasteiger partial charge in [-0.3, -0.25) is 4.99 Å². The van der Waals surface area contributed by atoms with Gasteiger partial charge in [0.2, 0.25) is 0 Å². The van der Waals surface area contributed by atoms with E-state index in [9.17, 15) is 0 Å². The summed E-state index contributed by atoms with van der Waals surface area (Å²) < 4.78 is 0. The zero-order valence-corrected chi connectivity index (χ0v) is 12.2. The van der Waals surface area contributed by atoms with Gasteiger partial charge in [0.15, 0.2) is 5.17 Å². The molecule has 1 N–H and O–H groups in total. The zero-order valence-electron chi connectivity index (χ0n) is 11.4. The maximum Gasteiger partial charge on any atom is 0.161 e. The first kappa shape index (κ1) is 12.3. The van der Waals surface area contributed by atoms with E-state index in [0.717, 1.165) is 10.9 Å². The molecule has 1 aliphatic heterocycles. The number of fused-ring (bicyclic) bond motifs is 1. The molecule has 1 aliphatic carbocycles. The smallest absolute Gasteiger partial charge is 0.161 e. The van der Waals surface area contributed by atoms with Gasteiger partial charge in [-0.1, -0.05) is 61.0 Å². The summed E-state index contributed by atoms with van der Waals surface area (Å²) in [6.45, 7) is 0. The Labute approximate surface area is 123 Å². The minimum absolute atomic E-state index is 0.248. The quantitative estimate of drug-likeness (QED) is 0.822. The zero-order chi connectivity index (χ0) is 13.4. The lowest BCUT2D eigenvalue weighted by molar-refractivity contribution is 0.508. The topological polar surface area (TPSA) is 24.4 Å². The van der Waals surface area contributed by atoms with Gasteiger partial charge in [0.05, 0.1) is 5.54 Å². The molecule has 2 aromatic carbocycles. The number of rotatable bonds is 1. The van der Waals surface area contributed by atoms with Crippen molar-refractivity contribution < 1.29 is 0 Å². The molecule has 0 aromatic heterocycles. The molecule has 0 unspecified atom stereocenters. The number of benzene rings is 2. The van der Waals surface area contributed by atoms with Crippen molar-refractivity contribution in [3.63, 3.8) is 0 Å². The van der Waals surface area contributed by atoms with E-state index in [2.05, 4.69) is 47.8 Å². The number of anilines is 1. The van der Waals surface area contributed by atoms with Crippen LogP contribution in [0.3, 0.4) is 0 Å². The van der Waals surface area contributed by atoms with Crippen molar-refractivity contribution in [2.24, 2.45) is 4.99 Å². The van der Waals surface area contributed by atoms with Crippen LogP contribution < -0.4 is 5.32 Å². The Morgan fingerprint density at radius 3 is 2.70 bits per heavy atom. The Morgan fingerprint density at radius 1 is 1.00 bits per heavy atom. The third-order valence-electron chi connectivity index (χ3n) is 4.38. The molecule has 2 nitrogen and oxygen atoms in total. The third kappa shape index (κ3) is 2.10. The van der Waals surface area contributed by atoms with Crippen molar-refractivity contribution >= 4 is 33.4 Å². The fourth-order valence-corrected chi connectivity index (χ4v) is 4.48. The fraction of sp³-hybridized carbons (Fsp3) is 0.353. The van der Waals surface area contributed by atoms with Crippen LogP contribution in [0, 0.1) is 0 Å². The largest absolute Gasteiger partial charge is 0.334 e. The van der Waals surface area contributed by atoms with Gasteiger partial charge < -0.3 is 5.32 Å². The predicted molar refractivity (Wildman–Crippen MR) is 88.7 cm³/mol. The summed E-state index contributed by atoms with van der Waals surface area (Å²) in [5, 5.41) is 7.19. The molecule has 0 bridgehead atoms. The fourth-order valence-electron chi connectivity index (χ4n) is 3.29. The molecule has 2 aliphatic rings. The lowest BCUT2D eigenvalue weighted by Gasteiger charge is -2.16. The molecule has 1 saturated carbocycles. The average Bonchev–Trinajstić information content (AvgIpc) is 3.10. The van der Waals surface area contributed by atoms with Crippen molar-refractivity contribution in [3.8, 4) is 0 Å². The maximum absolute atomic E-state index is 4.99. The van der Waals surface area contributed by atoms with Gasteiger partial charge in [-0.2, -0.15) is 0 Å². The molecule has 1 heterocycles. The predicted octanol–water partition coefficient (Wildman–Crippen LogP) is 4.67. The van der Waals surface area contributed by atoms with Gasteiger partial charge >= 0.3 is 0 Å². The maximum atomic E-state index is 4.99. The van der Waals surface area contributed by atoms with Gasteiger partial charge in [-0.25, -0.2) is 0 Å². The Balaban J connectivity index is 1.65. The van der Waals surface area contributed by atoms with Crippen LogP contribution in [0.25, 0.3) is 10.8 Å². The van der Waals surface area contributed by atoms with Crippen LogP contribution in [-0.2, 0) is 0 Å². The molecule has 20 heavy (non-hydrogen) atoms. The second kappa shape index (κ2) is 4.81. The van der Waals surface area contributed by atoms with Gasteiger partial charge in [0, 0.05) is 16.8 Å². The molecular weight excluding hydrogens is 264 g/mol. The molecule has 102 valence electrons. The second-order valence-corrected chi connectivity index (χ2v) is 6.75. The van der Waals surface area contributed by atoms with E-state index in [1.807, 2.05) is 11.8 Å². The summed E-state index contributed by atoms with van der Waals surface area (Å²) in [5.41, 5.74) is 1.42. The van der Waals surface area contributed by atoms with Gasteiger partial charge in [-0.15, -0.1) is 0 Å². The molecule has 0 saturated heterocycles. The molecule has 2 aromatic rings. The number of thioether (sulfide) groups is 1. The monoisotopic (exact) mass is 282 g/mol. The van der Waals surface area contributed by atoms with Crippen molar-refractivity contribution in [1.29, 1.82) is 0 Å². The summed E-state index contributed by atoms with van der Waals surface area (Å²) in [6, 6.07) is 14.9. The van der Waals surface area contributed by atoms with Crippen LogP contribution >= 0.6 is 11.8 Å². The van der Waals surface area contributed by atoms with E-state index in [1.54, 1.807) is 0 Å². The van der Waals surface area contributed by atoms with Crippen molar-refractivity contribution in [3.05, 3.63) is 42.5 Å². The van der Waals surface area contributed by atoms with E-state index in [-0.39, 0.29) is 5.54 Å². The highest BCUT2D eigenvalue weighted by molar-refractivity contribution is 8.14. The first-order chi connectivity index (χ1) is 9.85. The molecular formula is C17H18N2S. The molecule has 1 fully saturated rings. The third-order valence-corrected chi connectivity index (χ3v) is 5.53. The molecule has 1 spiro atoms. The average molecular weight is 282 g/mol. The van der Waals surface area contributed by atoms with E-state index in [0.29, 0.717) is 0 Å². The van der Waals surface area contributed by atoms with E-state index in [1.165, 1.54) is 42.1 Å². The summed E-state index contributed by atoms with van der Waals surface area (Å²) in [7, 11) is 0. The Hall–Kier alpha value is -1.48. The standard InChI is InChI=1S/C17H18N2S/c1-2-8-14-13(6-1)7-5-9-15(14)18-16-19-17(12-20-16)10-3-4-11-17/h1-2,5-9H,3-4,10-12H2,(H,18,19). The van der Waals surface area contributed by atoms with E-state index >= 15 is 0 Å². The number of amidine groups is 1. The summed E-state index contributed by atoms with van der Waals surface area (Å²) >= 11 is 1.88. The Bertz CT molecular complexity index is 666. The van der Waals surface area contributed by atoms with E-state index in [4.69, 9.17) is 4.99 Å². The van der Waals surface area contributed by atoms with Crippen LogP contribution in [-0.4, -0.2) is 16.5 Å². The highest BCUT2D eigenvalue weighted by Gasteiger charge is 2.38. The first-order valence-corrected chi connectivity index (χ1v) is 8.31. The second-order valence-electron chi connectivity index (χ2n) is 5.79. The number of nitrogens with one attached hydrogen (secondary N) is 1. The normalized spacial score (nSPS) is 20.5. The van der Waals surface area contributed by atoms with Crippen LogP contribution in [0.4, 0.5) is 5.69 Å². The SMILES string of the molecule is c1ccc2c(NC3=NC4(CCCC4)CS3)cccc2c1. The van der Waals surface area contributed by atoms with Crippen LogP contribution in [0.2, 0.25) is 0 Å². The lowest BCUT2D eigenvalue weighted by Crippen LogP contribution is -2.21. The minimum Gasteiger partial charge on any atom is -0.334 e. The molecule has 0 radical (unpaired) electrons. The van der Waals surface area contributed by atoms with Crippen LogP contribution in [0.15, 0.2) is 47.5 Å². The van der Waals surface area contributed by atoms with Gasteiger partial charge in [0.1, 0.15) is 0 Å². The first-order valence-electron chi connectivity index (χ1n) is 7.32.